The average Bonchev–Trinajstić information content (AvgIpc) is 2.83. The Morgan fingerprint density at radius 3 is 3.18 bits per heavy atom. The van der Waals surface area contributed by atoms with E-state index < -0.39 is 0 Å². The van der Waals surface area contributed by atoms with Gasteiger partial charge in [-0.1, -0.05) is 6.07 Å². The van der Waals surface area contributed by atoms with Gasteiger partial charge < -0.3 is 15.4 Å². The summed E-state index contributed by atoms with van der Waals surface area (Å²) in [5.74, 6) is 0.713. The molecule has 4 nitrogen and oxygen atoms in total. The summed E-state index contributed by atoms with van der Waals surface area (Å²) in [6, 6.07) is 7.53. The lowest BCUT2D eigenvalue weighted by atomic mass is 10.1. The molecule has 0 spiro atoms. The second-order valence-corrected chi connectivity index (χ2v) is 4.12. The van der Waals surface area contributed by atoms with Gasteiger partial charge in [-0.15, -0.1) is 0 Å². The first-order valence-electron chi connectivity index (χ1n) is 6.04. The topological polar surface area (TPSA) is 50.4 Å². The Bertz CT molecular complexity index is 387. The van der Waals surface area contributed by atoms with Crippen LogP contribution in [-0.4, -0.2) is 31.6 Å². The maximum Gasteiger partial charge on any atom is 0.251 e. The quantitative estimate of drug-likeness (QED) is 0.822. The molecular formula is C13H18N2O2. The van der Waals surface area contributed by atoms with Crippen LogP contribution in [0, 0.1) is 0 Å². The molecule has 0 aliphatic carbocycles. The van der Waals surface area contributed by atoms with Gasteiger partial charge in [0.1, 0.15) is 5.75 Å². The minimum Gasteiger partial charge on any atom is -0.494 e. The number of benzene rings is 1. The van der Waals surface area contributed by atoms with Crippen LogP contribution in [0.2, 0.25) is 0 Å². The molecule has 1 aliphatic rings. The SMILES string of the molecule is CCOc1cccc(C(=O)NC2CCNC2)c1. The molecular weight excluding hydrogens is 216 g/mol. The zero-order valence-corrected chi connectivity index (χ0v) is 10.0. The molecule has 0 saturated carbocycles. The van der Waals surface area contributed by atoms with Gasteiger partial charge in [0.2, 0.25) is 0 Å². The highest BCUT2D eigenvalue weighted by molar-refractivity contribution is 5.94. The maximum absolute atomic E-state index is 12.0. The van der Waals surface area contributed by atoms with Crippen molar-refractivity contribution in [2.24, 2.45) is 0 Å². The van der Waals surface area contributed by atoms with Crippen LogP contribution >= 0.6 is 0 Å². The van der Waals surface area contributed by atoms with Crippen molar-refractivity contribution in [2.45, 2.75) is 19.4 Å². The minimum atomic E-state index is -0.0275. The molecule has 1 heterocycles. The summed E-state index contributed by atoms with van der Waals surface area (Å²) >= 11 is 0. The van der Waals surface area contributed by atoms with Gasteiger partial charge in [-0.05, 0) is 38.1 Å². The van der Waals surface area contributed by atoms with Gasteiger partial charge in [-0.3, -0.25) is 4.79 Å². The van der Waals surface area contributed by atoms with Gasteiger partial charge in [-0.2, -0.15) is 0 Å². The third-order valence-electron chi connectivity index (χ3n) is 2.80. The molecule has 2 N–H and O–H groups in total. The number of carbonyl (C=O) groups excluding carboxylic acids is 1. The fourth-order valence-electron chi connectivity index (χ4n) is 1.94. The lowest BCUT2D eigenvalue weighted by molar-refractivity contribution is 0.0939. The third-order valence-corrected chi connectivity index (χ3v) is 2.80. The Morgan fingerprint density at radius 1 is 1.59 bits per heavy atom. The lowest BCUT2D eigenvalue weighted by Crippen LogP contribution is -2.36. The predicted molar refractivity (Wildman–Crippen MR) is 66.4 cm³/mol. The lowest BCUT2D eigenvalue weighted by Gasteiger charge is -2.12. The molecule has 92 valence electrons. The van der Waals surface area contributed by atoms with Crippen molar-refractivity contribution in [1.82, 2.24) is 10.6 Å². The highest BCUT2D eigenvalue weighted by Gasteiger charge is 2.17. The van der Waals surface area contributed by atoms with Crippen LogP contribution in [0.4, 0.5) is 0 Å². The summed E-state index contributed by atoms with van der Waals surface area (Å²) < 4.78 is 5.37. The zero-order valence-electron chi connectivity index (χ0n) is 10.0. The smallest absolute Gasteiger partial charge is 0.251 e. The van der Waals surface area contributed by atoms with Crippen LogP contribution in [0.1, 0.15) is 23.7 Å². The van der Waals surface area contributed by atoms with E-state index in [1.54, 1.807) is 12.1 Å². The van der Waals surface area contributed by atoms with E-state index in [-0.39, 0.29) is 11.9 Å². The fraction of sp³-hybridized carbons (Fsp3) is 0.462. The maximum atomic E-state index is 12.0. The van der Waals surface area contributed by atoms with Crippen molar-refractivity contribution in [3.8, 4) is 5.75 Å². The summed E-state index contributed by atoms with van der Waals surface area (Å²) in [4.78, 5) is 12.0. The molecule has 1 unspecified atom stereocenters. The summed E-state index contributed by atoms with van der Waals surface area (Å²) in [5.41, 5.74) is 0.655. The van der Waals surface area contributed by atoms with Gasteiger partial charge in [0, 0.05) is 18.2 Å². The van der Waals surface area contributed by atoms with Gasteiger partial charge in [-0.25, -0.2) is 0 Å². The summed E-state index contributed by atoms with van der Waals surface area (Å²) in [6.07, 6.45) is 0.997. The van der Waals surface area contributed by atoms with E-state index in [2.05, 4.69) is 10.6 Å². The summed E-state index contributed by atoms with van der Waals surface area (Å²) in [7, 11) is 0. The number of rotatable bonds is 4. The van der Waals surface area contributed by atoms with E-state index in [9.17, 15) is 4.79 Å². The van der Waals surface area contributed by atoms with Gasteiger partial charge in [0.05, 0.1) is 6.61 Å². The van der Waals surface area contributed by atoms with E-state index in [1.807, 2.05) is 19.1 Å². The summed E-state index contributed by atoms with van der Waals surface area (Å²) in [6.45, 7) is 4.37. The largest absolute Gasteiger partial charge is 0.494 e. The van der Waals surface area contributed by atoms with Crippen molar-refractivity contribution in [3.63, 3.8) is 0 Å². The van der Waals surface area contributed by atoms with E-state index in [1.165, 1.54) is 0 Å². The highest BCUT2D eigenvalue weighted by Crippen LogP contribution is 2.13. The molecule has 1 saturated heterocycles. The first kappa shape index (κ1) is 11.9. The fourth-order valence-corrected chi connectivity index (χ4v) is 1.94. The predicted octanol–water partition coefficient (Wildman–Crippen LogP) is 1.18. The monoisotopic (exact) mass is 234 g/mol. The van der Waals surface area contributed by atoms with Crippen molar-refractivity contribution >= 4 is 5.91 Å². The molecule has 1 aliphatic heterocycles. The van der Waals surface area contributed by atoms with Crippen molar-refractivity contribution in [3.05, 3.63) is 29.8 Å². The van der Waals surface area contributed by atoms with Crippen LogP contribution in [-0.2, 0) is 0 Å². The molecule has 0 radical (unpaired) electrons. The number of nitrogens with one attached hydrogen (secondary N) is 2. The molecule has 1 aromatic carbocycles. The molecule has 4 heteroatoms. The molecule has 1 aromatic rings. The molecule has 1 amide bonds. The van der Waals surface area contributed by atoms with Crippen LogP contribution in [0.3, 0.4) is 0 Å². The molecule has 2 rings (SSSR count). The number of hydrogen-bond acceptors (Lipinski definition) is 3. The second kappa shape index (κ2) is 5.68. The van der Waals surface area contributed by atoms with E-state index in [0.29, 0.717) is 12.2 Å². The van der Waals surface area contributed by atoms with Crippen LogP contribution < -0.4 is 15.4 Å². The average molecular weight is 234 g/mol. The Balaban J connectivity index is 1.99. The van der Waals surface area contributed by atoms with E-state index in [4.69, 9.17) is 4.74 Å². The van der Waals surface area contributed by atoms with Gasteiger partial charge >= 0.3 is 0 Å². The third kappa shape index (κ3) is 3.20. The van der Waals surface area contributed by atoms with Crippen LogP contribution in [0.15, 0.2) is 24.3 Å². The molecule has 0 aromatic heterocycles. The first-order chi connectivity index (χ1) is 8.29. The summed E-state index contributed by atoms with van der Waals surface area (Å²) in [5, 5.41) is 6.23. The minimum absolute atomic E-state index is 0.0275. The van der Waals surface area contributed by atoms with Crippen LogP contribution in [0.25, 0.3) is 0 Å². The Kier molecular flexibility index (Phi) is 3.98. The number of hydrogen-bond donors (Lipinski definition) is 2. The number of carbonyl (C=O) groups is 1. The van der Waals surface area contributed by atoms with Gasteiger partial charge in [0.15, 0.2) is 0 Å². The molecule has 17 heavy (non-hydrogen) atoms. The van der Waals surface area contributed by atoms with Gasteiger partial charge in [0.25, 0.3) is 5.91 Å². The number of amides is 1. The Labute approximate surface area is 101 Å². The van der Waals surface area contributed by atoms with E-state index in [0.717, 1.165) is 25.3 Å². The van der Waals surface area contributed by atoms with Crippen LogP contribution in [0.5, 0.6) is 5.75 Å². The Hall–Kier alpha value is -1.55. The molecule has 1 atom stereocenters. The van der Waals surface area contributed by atoms with Crippen molar-refractivity contribution in [2.75, 3.05) is 19.7 Å². The van der Waals surface area contributed by atoms with Crippen molar-refractivity contribution in [1.29, 1.82) is 0 Å². The highest BCUT2D eigenvalue weighted by atomic mass is 16.5. The van der Waals surface area contributed by atoms with Crippen molar-refractivity contribution < 1.29 is 9.53 Å². The normalized spacial score (nSPS) is 19.0. The molecule has 1 fully saturated rings. The van der Waals surface area contributed by atoms with E-state index >= 15 is 0 Å². The Morgan fingerprint density at radius 2 is 2.47 bits per heavy atom. The zero-order chi connectivity index (χ0) is 12.1. The first-order valence-corrected chi connectivity index (χ1v) is 6.04. The number of ether oxygens (including phenoxy) is 1. The second-order valence-electron chi connectivity index (χ2n) is 4.12. The molecule has 0 bridgehead atoms. The standard InChI is InChI=1S/C13H18N2O2/c1-2-17-12-5-3-4-10(8-12)13(16)15-11-6-7-14-9-11/h3-5,8,11,14H,2,6-7,9H2,1H3,(H,15,16).